The number of H-pyrrole nitrogens is 1. The average Bonchev–Trinajstić information content (AvgIpc) is 2.84. The molecule has 0 aliphatic carbocycles. The highest BCUT2D eigenvalue weighted by Crippen LogP contribution is 2.16. The molecule has 0 aliphatic heterocycles. The lowest BCUT2D eigenvalue weighted by molar-refractivity contribution is 0.407. The molecule has 4 nitrogen and oxygen atoms in total. The fraction of sp³-hybridized carbons (Fsp3) is 0.400. The lowest BCUT2D eigenvalue weighted by Gasteiger charge is -2.09. The first kappa shape index (κ1) is 13.6. The van der Waals surface area contributed by atoms with Crippen molar-refractivity contribution >= 4 is 0 Å². The predicted molar refractivity (Wildman–Crippen MR) is 76.3 cm³/mol. The zero-order chi connectivity index (χ0) is 13.5. The minimum Gasteiger partial charge on any atom is -0.496 e. The van der Waals surface area contributed by atoms with Crippen molar-refractivity contribution in [1.82, 2.24) is 15.5 Å². The van der Waals surface area contributed by atoms with Gasteiger partial charge in [0, 0.05) is 17.8 Å². The van der Waals surface area contributed by atoms with Crippen molar-refractivity contribution in [2.75, 3.05) is 13.7 Å². The van der Waals surface area contributed by atoms with Crippen LogP contribution in [-0.2, 0) is 13.0 Å². The Bertz CT molecular complexity index is 508. The fourth-order valence-electron chi connectivity index (χ4n) is 2.10. The summed E-state index contributed by atoms with van der Waals surface area (Å²) >= 11 is 0. The molecule has 0 aliphatic rings. The number of aromatic nitrogens is 2. The molecular weight excluding hydrogens is 238 g/mol. The van der Waals surface area contributed by atoms with Crippen molar-refractivity contribution in [1.29, 1.82) is 0 Å². The van der Waals surface area contributed by atoms with Gasteiger partial charge in [-0.25, -0.2) is 0 Å². The number of nitrogens with one attached hydrogen (secondary N) is 2. The van der Waals surface area contributed by atoms with Crippen LogP contribution in [0.1, 0.15) is 23.2 Å². The summed E-state index contributed by atoms with van der Waals surface area (Å²) in [6, 6.07) is 8.11. The van der Waals surface area contributed by atoms with Crippen LogP contribution in [0, 0.1) is 6.92 Å². The number of hydrogen-bond donors (Lipinski definition) is 2. The van der Waals surface area contributed by atoms with Crippen molar-refractivity contribution in [3.8, 4) is 5.75 Å². The monoisotopic (exact) mass is 259 g/mol. The van der Waals surface area contributed by atoms with E-state index < -0.39 is 0 Å². The smallest absolute Gasteiger partial charge is 0.123 e. The number of aromatic amines is 1. The Morgan fingerprint density at radius 1 is 1.26 bits per heavy atom. The highest BCUT2D eigenvalue weighted by atomic mass is 16.5. The molecule has 102 valence electrons. The Balaban J connectivity index is 1.71. The van der Waals surface area contributed by atoms with E-state index in [-0.39, 0.29) is 0 Å². The normalized spacial score (nSPS) is 10.6. The Kier molecular flexibility index (Phi) is 4.98. The maximum Gasteiger partial charge on any atom is 0.123 e. The molecule has 0 saturated heterocycles. The number of benzene rings is 1. The third kappa shape index (κ3) is 3.83. The zero-order valence-corrected chi connectivity index (χ0v) is 11.6. The molecule has 0 bridgehead atoms. The molecule has 0 spiro atoms. The van der Waals surface area contributed by atoms with Crippen molar-refractivity contribution in [3.05, 3.63) is 47.3 Å². The third-order valence-corrected chi connectivity index (χ3v) is 3.24. The molecule has 0 fully saturated rings. The molecule has 0 amide bonds. The maximum atomic E-state index is 5.32. The van der Waals surface area contributed by atoms with Gasteiger partial charge in [0.05, 0.1) is 13.3 Å². The minimum absolute atomic E-state index is 0.842. The molecule has 0 saturated carbocycles. The van der Waals surface area contributed by atoms with Gasteiger partial charge in [0.15, 0.2) is 0 Å². The summed E-state index contributed by atoms with van der Waals surface area (Å²) in [5.74, 6) is 0.945. The van der Waals surface area contributed by atoms with E-state index in [0.717, 1.165) is 31.7 Å². The van der Waals surface area contributed by atoms with Gasteiger partial charge in [-0.2, -0.15) is 5.10 Å². The Morgan fingerprint density at radius 3 is 2.84 bits per heavy atom. The zero-order valence-electron chi connectivity index (χ0n) is 11.6. The van der Waals surface area contributed by atoms with Crippen LogP contribution < -0.4 is 10.1 Å². The first-order valence-corrected chi connectivity index (χ1v) is 6.62. The van der Waals surface area contributed by atoms with Crippen LogP contribution >= 0.6 is 0 Å². The van der Waals surface area contributed by atoms with E-state index in [9.17, 15) is 0 Å². The quantitative estimate of drug-likeness (QED) is 0.751. The molecule has 0 unspecified atom stereocenters. The van der Waals surface area contributed by atoms with Crippen LogP contribution in [0.25, 0.3) is 0 Å². The van der Waals surface area contributed by atoms with Crippen LogP contribution in [0.4, 0.5) is 0 Å². The highest BCUT2D eigenvalue weighted by molar-refractivity contribution is 5.32. The number of aryl methyl sites for hydroxylation is 2. The van der Waals surface area contributed by atoms with Crippen LogP contribution in [0.3, 0.4) is 0 Å². The summed E-state index contributed by atoms with van der Waals surface area (Å²) in [6.45, 7) is 3.89. The topological polar surface area (TPSA) is 49.9 Å². The first-order valence-electron chi connectivity index (χ1n) is 6.62. The second-order valence-corrected chi connectivity index (χ2v) is 4.61. The molecule has 2 rings (SSSR count). The molecule has 2 aromatic rings. The van der Waals surface area contributed by atoms with Crippen molar-refractivity contribution in [2.45, 2.75) is 26.3 Å². The molecule has 1 aromatic heterocycles. The van der Waals surface area contributed by atoms with E-state index in [4.69, 9.17) is 4.74 Å². The highest BCUT2D eigenvalue weighted by Gasteiger charge is 2.02. The van der Waals surface area contributed by atoms with Gasteiger partial charge >= 0.3 is 0 Å². The van der Waals surface area contributed by atoms with E-state index in [0.29, 0.717) is 0 Å². The summed E-state index contributed by atoms with van der Waals surface area (Å²) in [5, 5.41) is 10.4. The second-order valence-electron chi connectivity index (χ2n) is 4.61. The van der Waals surface area contributed by atoms with Crippen molar-refractivity contribution in [2.24, 2.45) is 0 Å². The largest absolute Gasteiger partial charge is 0.496 e. The standard InChI is InChI=1S/C15H21N3O/c1-12-13(11-17-18-12)7-5-9-16-10-14-6-3-4-8-15(14)19-2/h3-4,6,8,11,16H,5,7,9-10H2,1-2H3,(H,17,18). The van der Waals surface area contributed by atoms with Gasteiger partial charge in [0.1, 0.15) is 5.75 Å². The van der Waals surface area contributed by atoms with Gasteiger partial charge in [-0.1, -0.05) is 18.2 Å². The number of rotatable bonds is 7. The van der Waals surface area contributed by atoms with Gasteiger partial charge < -0.3 is 10.1 Å². The summed E-state index contributed by atoms with van der Waals surface area (Å²) in [5.41, 5.74) is 3.67. The molecular formula is C15H21N3O. The van der Waals surface area contributed by atoms with E-state index in [1.54, 1.807) is 7.11 Å². The molecule has 0 atom stereocenters. The van der Waals surface area contributed by atoms with E-state index in [1.165, 1.54) is 16.8 Å². The molecule has 4 heteroatoms. The van der Waals surface area contributed by atoms with Crippen LogP contribution in [0.15, 0.2) is 30.5 Å². The molecule has 1 heterocycles. The fourth-order valence-corrected chi connectivity index (χ4v) is 2.10. The third-order valence-electron chi connectivity index (χ3n) is 3.24. The summed E-state index contributed by atoms with van der Waals surface area (Å²) in [7, 11) is 1.71. The van der Waals surface area contributed by atoms with Gasteiger partial charge in [0.25, 0.3) is 0 Å². The number of nitrogens with zero attached hydrogens (tertiary/aromatic N) is 1. The van der Waals surface area contributed by atoms with Gasteiger partial charge in [-0.3, -0.25) is 5.10 Å². The minimum atomic E-state index is 0.842. The molecule has 19 heavy (non-hydrogen) atoms. The molecule has 0 radical (unpaired) electrons. The van der Waals surface area contributed by atoms with E-state index in [1.807, 2.05) is 24.4 Å². The van der Waals surface area contributed by atoms with Gasteiger partial charge in [0.2, 0.25) is 0 Å². The predicted octanol–water partition coefficient (Wildman–Crippen LogP) is 2.45. The Morgan fingerprint density at radius 2 is 2.11 bits per heavy atom. The number of para-hydroxylation sites is 1. The summed E-state index contributed by atoms with van der Waals surface area (Å²) < 4.78 is 5.32. The lowest BCUT2D eigenvalue weighted by atomic mass is 10.1. The SMILES string of the molecule is COc1ccccc1CNCCCc1cn[nH]c1C. The number of hydrogen-bond acceptors (Lipinski definition) is 3. The van der Waals surface area contributed by atoms with E-state index in [2.05, 4.69) is 28.5 Å². The van der Waals surface area contributed by atoms with Crippen molar-refractivity contribution < 1.29 is 4.74 Å². The first-order chi connectivity index (χ1) is 9.31. The average molecular weight is 259 g/mol. The second kappa shape index (κ2) is 6.95. The Hall–Kier alpha value is -1.81. The van der Waals surface area contributed by atoms with Crippen LogP contribution in [0.5, 0.6) is 5.75 Å². The molecule has 1 aromatic carbocycles. The van der Waals surface area contributed by atoms with Crippen LogP contribution in [-0.4, -0.2) is 23.9 Å². The summed E-state index contributed by atoms with van der Waals surface area (Å²) in [4.78, 5) is 0. The van der Waals surface area contributed by atoms with Gasteiger partial charge in [-0.05, 0) is 37.9 Å². The van der Waals surface area contributed by atoms with Crippen LogP contribution in [0.2, 0.25) is 0 Å². The molecule has 2 N–H and O–H groups in total. The lowest BCUT2D eigenvalue weighted by Crippen LogP contribution is -2.15. The maximum absolute atomic E-state index is 5.32. The van der Waals surface area contributed by atoms with Crippen molar-refractivity contribution in [3.63, 3.8) is 0 Å². The number of ether oxygens (including phenoxy) is 1. The van der Waals surface area contributed by atoms with Gasteiger partial charge in [-0.15, -0.1) is 0 Å². The van der Waals surface area contributed by atoms with E-state index >= 15 is 0 Å². The Labute approximate surface area is 114 Å². The number of methoxy groups -OCH3 is 1. The summed E-state index contributed by atoms with van der Waals surface area (Å²) in [6.07, 6.45) is 4.08.